The number of amides is 1. The fraction of sp³-hybridized carbons (Fsp3) is 0.538. The van der Waals surface area contributed by atoms with E-state index in [-0.39, 0.29) is 6.04 Å². The lowest BCUT2D eigenvalue weighted by atomic mass is 10.1. The van der Waals surface area contributed by atoms with Gasteiger partial charge in [0.25, 0.3) is 0 Å². The second-order valence-electron chi connectivity index (χ2n) is 5.30. The summed E-state index contributed by atoms with van der Waals surface area (Å²) in [6.45, 7) is 7.28. The van der Waals surface area contributed by atoms with E-state index in [1.807, 2.05) is 50.3 Å². The fourth-order valence-electron chi connectivity index (χ4n) is 1.43. The molecule has 1 atom stereocenters. The van der Waals surface area contributed by atoms with Crippen LogP contribution >= 0.6 is 22.6 Å². The minimum absolute atomic E-state index is 0.241. The van der Waals surface area contributed by atoms with E-state index in [9.17, 15) is 9.18 Å². The fourth-order valence-corrected chi connectivity index (χ4v) is 2.27. The van der Waals surface area contributed by atoms with Gasteiger partial charge in [-0.25, -0.2) is 9.78 Å². The van der Waals surface area contributed by atoms with Crippen molar-refractivity contribution in [2.24, 2.45) is 0 Å². The van der Waals surface area contributed by atoms with Crippen LogP contribution in [0.4, 0.5) is 9.18 Å². The maximum atomic E-state index is 13.0. The zero-order valence-electron chi connectivity index (χ0n) is 11.7. The van der Waals surface area contributed by atoms with Crippen LogP contribution < -0.4 is 0 Å². The predicted octanol–water partition coefficient (Wildman–Crippen LogP) is 3.75. The van der Waals surface area contributed by atoms with Gasteiger partial charge >= 0.3 is 6.09 Å². The summed E-state index contributed by atoms with van der Waals surface area (Å²) in [5.74, 6) is -0.528. The zero-order valence-corrected chi connectivity index (χ0v) is 13.9. The Morgan fingerprint density at radius 2 is 2.11 bits per heavy atom. The third kappa shape index (κ3) is 4.59. The molecular weight excluding hydrogens is 362 g/mol. The number of nitrogens with zero attached hydrogens (tertiary/aromatic N) is 2. The standard InChI is InChI=1S/C13H18FIN2O2/c1-8(9-7-16-11(14)6-10(9)15)17(5)12(18)19-13(2,3)4/h6-8H,1-5H3/t8-/m1/s1. The van der Waals surface area contributed by atoms with Crippen LogP contribution in [0.3, 0.4) is 0 Å². The van der Waals surface area contributed by atoms with Gasteiger partial charge in [0.15, 0.2) is 0 Å². The van der Waals surface area contributed by atoms with Gasteiger partial charge in [0.2, 0.25) is 5.95 Å². The van der Waals surface area contributed by atoms with Crippen LogP contribution in [0.25, 0.3) is 0 Å². The number of carbonyl (C=O) groups excluding carboxylic acids is 1. The van der Waals surface area contributed by atoms with Crippen molar-refractivity contribution in [3.8, 4) is 0 Å². The second kappa shape index (κ2) is 6.02. The van der Waals surface area contributed by atoms with Gasteiger partial charge in [0, 0.05) is 28.4 Å². The summed E-state index contributed by atoms with van der Waals surface area (Å²) in [6, 6.07) is 1.10. The van der Waals surface area contributed by atoms with Crippen molar-refractivity contribution in [2.75, 3.05) is 7.05 Å². The van der Waals surface area contributed by atoms with Gasteiger partial charge in [-0.1, -0.05) is 0 Å². The van der Waals surface area contributed by atoms with Crippen molar-refractivity contribution in [2.45, 2.75) is 39.3 Å². The van der Waals surface area contributed by atoms with Crippen LogP contribution in [-0.4, -0.2) is 28.6 Å². The number of ether oxygens (including phenoxy) is 1. The highest BCUT2D eigenvalue weighted by Gasteiger charge is 2.25. The van der Waals surface area contributed by atoms with Gasteiger partial charge in [-0.15, -0.1) is 0 Å². The first kappa shape index (κ1) is 16.1. The first-order valence-electron chi connectivity index (χ1n) is 5.88. The maximum absolute atomic E-state index is 13.0. The van der Waals surface area contributed by atoms with E-state index in [0.717, 1.165) is 9.13 Å². The van der Waals surface area contributed by atoms with Crippen molar-refractivity contribution in [1.29, 1.82) is 0 Å². The zero-order chi connectivity index (χ0) is 14.8. The molecule has 1 aromatic rings. The van der Waals surface area contributed by atoms with Crippen molar-refractivity contribution < 1.29 is 13.9 Å². The first-order valence-corrected chi connectivity index (χ1v) is 6.96. The lowest BCUT2D eigenvalue weighted by Crippen LogP contribution is -2.36. The SMILES string of the molecule is C[C@H](c1cnc(F)cc1I)N(C)C(=O)OC(C)(C)C. The van der Waals surface area contributed by atoms with Crippen molar-refractivity contribution in [3.05, 3.63) is 27.3 Å². The molecule has 0 saturated heterocycles. The number of hydrogen-bond acceptors (Lipinski definition) is 3. The third-order valence-electron chi connectivity index (χ3n) is 2.56. The molecule has 0 aromatic carbocycles. The minimum Gasteiger partial charge on any atom is -0.444 e. The molecule has 0 fully saturated rings. The summed E-state index contributed by atoms with van der Waals surface area (Å²) in [5.41, 5.74) is 0.245. The van der Waals surface area contributed by atoms with Crippen LogP contribution in [0.5, 0.6) is 0 Å². The highest BCUT2D eigenvalue weighted by atomic mass is 127. The van der Waals surface area contributed by atoms with E-state index in [1.54, 1.807) is 7.05 Å². The van der Waals surface area contributed by atoms with Gasteiger partial charge in [0.1, 0.15) is 5.60 Å². The van der Waals surface area contributed by atoms with E-state index >= 15 is 0 Å². The Bertz CT molecular complexity index is 474. The molecule has 1 amide bonds. The Hall–Kier alpha value is -0.920. The second-order valence-corrected chi connectivity index (χ2v) is 6.46. The van der Waals surface area contributed by atoms with E-state index in [2.05, 4.69) is 4.98 Å². The molecule has 4 nitrogen and oxygen atoms in total. The maximum Gasteiger partial charge on any atom is 0.410 e. The van der Waals surface area contributed by atoms with E-state index < -0.39 is 17.6 Å². The summed E-state index contributed by atoms with van der Waals surface area (Å²) in [4.78, 5) is 17.1. The summed E-state index contributed by atoms with van der Waals surface area (Å²) in [6.07, 6.45) is 1.03. The topological polar surface area (TPSA) is 42.4 Å². The number of hydrogen-bond donors (Lipinski definition) is 0. The molecule has 0 aliphatic heterocycles. The highest BCUT2D eigenvalue weighted by molar-refractivity contribution is 14.1. The molecule has 0 unspecified atom stereocenters. The van der Waals surface area contributed by atoms with Crippen LogP contribution in [0.1, 0.15) is 39.3 Å². The Morgan fingerprint density at radius 3 is 2.58 bits per heavy atom. The Labute approximate surface area is 126 Å². The van der Waals surface area contributed by atoms with Gasteiger partial charge in [0.05, 0.1) is 6.04 Å². The highest BCUT2D eigenvalue weighted by Crippen LogP contribution is 2.25. The van der Waals surface area contributed by atoms with Crippen LogP contribution in [-0.2, 0) is 4.74 Å². The molecule has 19 heavy (non-hydrogen) atoms. The molecule has 0 bridgehead atoms. The largest absolute Gasteiger partial charge is 0.444 e. The molecule has 0 aliphatic carbocycles. The third-order valence-corrected chi connectivity index (χ3v) is 3.50. The predicted molar refractivity (Wildman–Crippen MR) is 79.3 cm³/mol. The summed E-state index contributed by atoms with van der Waals surface area (Å²) >= 11 is 2.03. The molecule has 0 spiro atoms. The van der Waals surface area contributed by atoms with Crippen LogP contribution in [0.15, 0.2) is 12.3 Å². The Balaban J connectivity index is 2.87. The van der Waals surface area contributed by atoms with Crippen molar-refractivity contribution in [1.82, 2.24) is 9.88 Å². The van der Waals surface area contributed by atoms with Crippen LogP contribution in [0, 0.1) is 9.52 Å². The quantitative estimate of drug-likeness (QED) is 0.580. The van der Waals surface area contributed by atoms with Crippen molar-refractivity contribution >= 4 is 28.7 Å². The number of pyridine rings is 1. The Kier molecular flexibility index (Phi) is 5.11. The number of carbonyl (C=O) groups is 1. The van der Waals surface area contributed by atoms with E-state index in [1.165, 1.54) is 17.2 Å². The van der Waals surface area contributed by atoms with Gasteiger partial charge in [-0.2, -0.15) is 4.39 Å². The molecule has 6 heteroatoms. The molecule has 0 aliphatic rings. The summed E-state index contributed by atoms with van der Waals surface area (Å²) in [7, 11) is 1.65. The lowest BCUT2D eigenvalue weighted by molar-refractivity contribution is 0.0233. The van der Waals surface area contributed by atoms with Crippen molar-refractivity contribution in [3.63, 3.8) is 0 Å². The molecule has 1 heterocycles. The monoisotopic (exact) mass is 380 g/mol. The average molecular weight is 380 g/mol. The molecular formula is C13H18FIN2O2. The molecule has 0 radical (unpaired) electrons. The lowest BCUT2D eigenvalue weighted by Gasteiger charge is -2.29. The average Bonchev–Trinajstić information content (AvgIpc) is 2.24. The van der Waals surface area contributed by atoms with Gasteiger partial charge in [-0.05, 0) is 50.3 Å². The molecule has 1 aromatic heterocycles. The number of rotatable bonds is 2. The number of aromatic nitrogens is 1. The van der Waals surface area contributed by atoms with Gasteiger partial charge < -0.3 is 9.64 Å². The molecule has 106 valence electrons. The van der Waals surface area contributed by atoms with E-state index in [4.69, 9.17) is 4.74 Å². The summed E-state index contributed by atoms with van der Waals surface area (Å²) in [5, 5.41) is 0. The minimum atomic E-state index is -0.542. The molecule has 0 saturated carbocycles. The normalized spacial score (nSPS) is 13.0. The molecule has 1 rings (SSSR count). The Morgan fingerprint density at radius 1 is 1.53 bits per heavy atom. The summed E-state index contributed by atoms with van der Waals surface area (Å²) < 4.78 is 19.0. The molecule has 0 N–H and O–H groups in total. The smallest absolute Gasteiger partial charge is 0.410 e. The first-order chi connectivity index (χ1) is 8.61. The van der Waals surface area contributed by atoms with Crippen LogP contribution in [0.2, 0.25) is 0 Å². The van der Waals surface area contributed by atoms with Gasteiger partial charge in [-0.3, -0.25) is 0 Å². The van der Waals surface area contributed by atoms with E-state index in [0.29, 0.717) is 0 Å². The number of halogens is 2.